The van der Waals surface area contributed by atoms with E-state index in [2.05, 4.69) is 11.1 Å². The highest BCUT2D eigenvalue weighted by atomic mass is 16.2. The van der Waals surface area contributed by atoms with E-state index in [0.717, 1.165) is 48.7 Å². The lowest BCUT2D eigenvalue weighted by atomic mass is 10.0. The van der Waals surface area contributed by atoms with Crippen molar-refractivity contribution in [2.45, 2.75) is 51.0 Å². The average Bonchev–Trinajstić information content (AvgIpc) is 3.40. The molecule has 1 aliphatic heterocycles. The number of Topliss-reactive ketones (excluding diaryl/α,β-unsaturated/α-hetero) is 1. The standard InChI is InChI=1S/C25H27N3O3/c29-23(19-9-8-17-4-3-5-18(17)16-19)10-11-24(30)27-14-12-20(13-15-27)28-22-7-2-1-6-21(22)26-25(28)31/h1-2,6-9,16,20H,3-5,10-15H2,(H,26,31). The SMILES string of the molecule is O=C(CCC(=O)N1CCC(n2c(=O)[nH]c3ccccc32)CC1)c1ccc2c(c1)CCC2. The number of fused-ring (bicyclic) bond motifs is 2. The predicted molar refractivity (Wildman–Crippen MR) is 119 cm³/mol. The molecule has 2 aliphatic rings. The molecule has 6 nitrogen and oxygen atoms in total. The number of carbonyl (C=O) groups is 2. The zero-order chi connectivity index (χ0) is 21.4. The van der Waals surface area contributed by atoms with Crippen LogP contribution in [-0.2, 0) is 17.6 Å². The van der Waals surface area contributed by atoms with Crippen molar-refractivity contribution in [1.82, 2.24) is 14.5 Å². The number of carbonyl (C=O) groups excluding carboxylic acids is 2. The van der Waals surface area contributed by atoms with E-state index in [1.807, 2.05) is 45.9 Å². The summed E-state index contributed by atoms with van der Waals surface area (Å²) in [5.74, 6) is 0.0718. The number of aromatic amines is 1. The molecule has 0 spiro atoms. The molecule has 0 atom stereocenters. The molecule has 1 amide bonds. The van der Waals surface area contributed by atoms with Gasteiger partial charge in [-0.1, -0.05) is 24.3 Å². The number of likely N-dealkylation sites (tertiary alicyclic amines) is 1. The first-order valence-electron chi connectivity index (χ1n) is 11.2. The second-order valence-electron chi connectivity index (χ2n) is 8.69. The molecule has 0 radical (unpaired) electrons. The van der Waals surface area contributed by atoms with Gasteiger partial charge in [-0.25, -0.2) is 4.79 Å². The third kappa shape index (κ3) is 3.82. The summed E-state index contributed by atoms with van der Waals surface area (Å²) >= 11 is 0. The molecule has 0 bridgehead atoms. The van der Waals surface area contributed by atoms with Crippen molar-refractivity contribution in [3.05, 3.63) is 69.6 Å². The number of aromatic nitrogens is 2. The molecule has 1 saturated heterocycles. The number of nitrogens with zero attached hydrogens (tertiary/aromatic N) is 2. The van der Waals surface area contributed by atoms with Crippen LogP contribution in [0.3, 0.4) is 0 Å². The number of hydrogen-bond donors (Lipinski definition) is 1. The number of amides is 1. The third-order valence-corrected chi connectivity index (χ3v) is 6.79. The summed E-state index contributed by atoms with van der Waals surface area (Å²) in [6, 6.07) is 13.8. The molecule has 5 rings (SSSR count). The molecular formula is C25H27N3O3. The molecule has 0 saturated carbocycles. The van der Waals surface area contributed by atoms with Crippen LogP contribution in [0, 0.1) is 0 Å². The first-order chi connectivity index (χ1) is 15.1. The van der Waals surface area contributed by atoms with Crippen molar-refractivity contribution < 1.29 is 9.59 Å². The number of imidazole rings is 1. The average molecular weight is 418 g/mol. The zero-order valence-electron chi connectivity index (χ0n) is 17.6. The Hall–Kier alpha value is -3.15. The molecular weight excluding hydrogens is 390 g/mol. The van der Waals surface area contributed by atoms with E-state index < -0.39 is 0 Å². The van der Waals surface area contributed by atoms with E-state index in [0.29, 0.717) is 13.1 Å². The van der Waals surface area contributed by atoms with E-state index in [4.69, 9.17) is 0 Å². The van der Waals surface area contributed by atoms with Gasteiger partial charge < -0.3 is 9.88 Å². The molecule has 1 N–H and O–H groups in total. The largest absolute Gasteiger partial charge is 0.343 e. The zero-order valence-corrected chi connectivity index (χ0v) is 17.6. The molecule has 31 heavy (non-hydrogen) atoms. The summed E-state index contributed by atoms with van der Waals surface area (Å²) < 4.78 is 1.83. The van der Waals surface area contributed by atoms with Gasteiger partial charge in [0, 0.05) is 37.5 Å². The number of aryl methyl sites for hydroxylation is 2. The number of piperidine rings is 1. The summed E-state index contributed by atoms with van der Waals surface area (Å²) in [6.07, 6.45) is 5.28. The van der Waals surface area contributed by atoms with Crippen LogP contribution >= 0.6 is 0 Å². The Kier molecular flexibility index (Phi) is 5.22. The van der Waals surface area contributed by atoms with E-state index in [-0.39, 0.29) is 36.3 Å². The Labute approximate surface area is 180 Å². The minimum atomic E-state index is -0.0917. The predicted octanol–water partition coefficient (Wildman–Crippen LogP) is 3.64. The molecule has 1 fully saturated rings. The highest BCUT2D eigenvalue weighted by molar-refractivity contribution is 5.98. The van der Waals surface area contributed by atoms with Crippen molar-refractivity contribution in [2.75, 3.05) is 13.1 Å². The topological polar surface area (TPSA) is 75.2 Å². The second-order valence-corrected chi connectivity index (χ2v) is 8.69. The van der Waals surface area contributed by atoms with Crippen molar-refractivity contribution in [2.24, 2.45) is 0 Å². The molecule has 2 heterocycles. The van der Waals surface area contributed by atoms with Gasteiger partial charge in [0.1, 0.15) is 0 Å². The lowest BCUT2D eigenvalue weighted by molar-refractivity contribution is -0.132. The smallest absolute Gasteiger partial charge is 0.326 e. The van der Waals surface area contributed by atoms with Gasteiger partial charge in [-0.05, 0) is 61.4 Å². The van der Waals surface area contributed by atoms with Crippen molar-refractivity contribution in [3.8, 4) is 0 Å². The molecule has 6 heteroatoms. The van der Waals surface area contributed by atoms with Crippen molar-refractivity contribution in [1.29, 1.82) is 0 Å². The molecule has 160 valence electrons. The minimum Gasteiger partial charge on any atom is -0.343 e. The number of hydrogen-bond acceptors (Lipinski definition) is 3. The highest BCUT2D eigenvalue weighted by Crippen LogP contribution is 2.26. The summed E-state index contributed by atoms with van der Waals surface area (Å²) in [5, 5.41) is 0. The van der Waals surface area contributed by atoms with Crippen LogP contribution in [0.15, 0.2) is 47.3 Å². The fourth-order valence-corrected chi connectivity index (χ4v) is 5.08. The van der Waals surface area contributed by atoms with Crippen LogP contribution in [0.4, 0.5) is 0 Å². The van der Waals surface area contributed by atoms with E-state index >= 15 is 0 Å². The fourth-order valence-electron chi connectivity index (χ4n) is 5.08. The number of nitrogens with one attached hydrogen (secondary N) is 1. The van der Waals surface area contributed by atoms with E-state index in [1.165, 1.54) is 11.1 Å². The maximum atomic E-state index is 12.7. The Morgan fingerprint density at radius 3 is 2.58 bits per heavy atom. The number of benzene rings is 2. The Bertz CT molecular complexity index is 1200. The van der Waals surface area contributed by atoms with Gasteiger partial charge in [0.25, 0.3) is 0 Å². The molecule has 0 unspecified atom stereocenters. The molecule has 1 aliphatic carbocycles. The van der Waals surface area contributed by atoms with Crippen LogP contribution in [0.5, 0.6) is 0 Å². The van der Waals surface area contributed by atoms with Gasteiger partial charge in [-0.3, -0.25) is 14.2 Å². The van der Waals surface area contributed by atoms with Gasteiger partial charge in [0.2, 0.25) is 5.91 Å². The monoisotopic (exact) mass is 417 g/mol. The lowest BCUT2D eigenvalue weighted by Crippen LogP contribution is -2.40. The van der Waals surface area contributed by atoms with Gasteiger partial charge in [0.15, 0.2) is 5.78 Å². The number of ketones is 1. The second kappa shape index (κ2) is 8.17. The van der Waals surface area contributed by atoms with Crippen LogP contribution < -0.4 is 5.69 Å². The first kappa shape index (κ1) is 19.8. The summed E-state index contributed by atoms with van der Waals surface area (Å²) in [6.45, 7) is 1.23. The van der Waals surface area contributed by atoms with Crippen LogP contribution in [0.2, 0.25) is 0 Å². The first-order valence-corrected chi connectivity index (χ1v) is 11.2. The van der Waals surface area contributed by atoms with Crippen LogP contribution in [-0.4, -0.2) is 39.2 Å². The maximum absolute atomic E-state index is 12.7. The summed E-state index contributed by atoms with van der Waals surface area (Å²) in [4.78, 5) is 42.5. The maximum Gasteiger partial charge on any atom is 0.326 e. The summed E-state index contributed by atoms with van der Waals surface area (Å²) in [5.41, 5.74) is 5.03. The number of H-pyrrole nitrogens is 1. The quantitative estimate of drug-likeness (QED) is 0.644. The van der Waals surface area contributed by atoms with Gasteiger partial charge in [-0.15, -0.1) is 0 Å². The van der Waals surface area contributed by atoms with Gasteiger partial charge in [-0.2, -0.15) is 0 Å². The third-order valence-electron chi connectivity index (χ3n) is 6.79. The van der Waals surface area contributed by atoms with Crippen LogP contribution in [0.25, 0.3) is 11.0 Å². The number of rotatable bonds is 5. The Morgan fingerprint density at radius 1 is 0.968 bits per heavy atom. The van der Waals surface area contributed by atoms with Gasteiger partial charge >= 0.3 is 5.69 Å². The number of para-hydroxylation sites is 2. The fraction of sp³-hybridized carbons (Fsp3) is 0.400. The Balaban J connectivity index is 1.17. The lowest BCUT2D eigenvalue weighted by Gasteiger charge is -2.32. The highest BCUT2D eigenvalue weighted by Gasteiger charge is 2.26. The molecule has 3 aromatic rings. The van der Waals surface area contributed by atoms with Crippen molar-refractivity contribution in [3.63, 3.8) is 0 Å². The summed E-state index contributed by atoms with van der Waals surface area (Å²) in [7, 11) is 0. The van der Waals surface area contributed by atoms with Crippen molar-refractivity contribution >= 4 is 22.7 Å². The normalized spacial score (nSPS) is 16.6. The van der Waals surface area contributed by atoms with E-state index in [1.54, 1.807) is 0 Å². The molecule has 1 aromatic heterocycles. The Morgan fingerprint density at radius 2 is 1.74 bits per heavy atom. The molecule has 2 aromatic carbocycles. The van der Waals surface area contributed by atoms with Crippen LogP contribution in [0.1, 0.15) is 59.6 Å². The van der Waals surface area contributed by atoms with Gasteiger partial charge in [0.05, 0.1) is 11.0 Å². The van der Waals surface area contributed by atoms with E-state index in [9.17, 15) is 14.4 Å². The minimum absolute atomic E-state index is 0.0271.